The third kappa shape index (κ3) is 3.36. The van der Waals surface area contributed by atoms with Crippen molar-refractivity contribution in [1.29, 1.82) is 0 Å². The quantitative estimate of drug-likeness (QED) is 0.839. The summed E-state index contributed by atoms with van der Waals surface area (Å²) in [5, 5.41) is 24.3. The van der Waals surface area contributed by atoms with E-state index in [1.165, 1.54) is 0 Å². The van der Waals surface area contributed by atoms with Crippen molar-refractivity contribution in [2.75, 3.05) is 13.2 Å². The van der Waals surface area contributed by atoms with Gasteiger partial charge in [0.15, 0.2) is 0 Å². The molecule has 0 aliphatic carbocycles. The standard InChI is InChI=1S/C16H21BrN2O2/c1-3-19-15(7-12(2)18-19)9-16(10-20,11-21)13-5-4-6-14(17)8-13/h4-8,20-21H,3,9-11H2,1-2H3. The molecule has 2 N–H and O–H groups in total. The van der Waals surface area contributed by atoms with E-state index in [2.05, 4.69) is 21.0 Å². The van der Waals surface area contributed by atoms with Gasteiger partial charge < -0.3 is 10.2 Å². The highest BCUT2D eigenvalue weighted by atomic mass is 79.9. The summed E-state index contributed by atoms with van der Waals surface area (Å²) in [6, 6.07) is 9.76. The van der Waals surface area contributed by atoms with Gasteiger partial charge >= 0.3 is 0 Å². The molecule has 0 fully saturated rings. The molecular formula is C16H21BrN2O2. The number of hydrogen-bond donors (Lipinski definition) is 2. The first-order chi connectivity index (χ1) is 10.0. The van der Waals surface area contributed by atoms with Crippen molar-refractivity contribution < 1.29 is 10.2 Å². The van der Waals surface area contributed by atoms with Crippen LogP contribution in [0.2, 0.25) is 0 Å². The zero-order valence-corrected chi connectivity index (χ0v) is 14.0. The Labute approximate surface area is 133 Å². The van der Waals surface area contributed by atoms with Crippen LogP contribution in [0, 0.1) is 6.92 Å². The molecule has 0 spiro atoms. The maximum absolute atomic E-state index is 9.95. The van der Waals surface area contributed by atoms with Crippen LogP contribution in [0.15, 0.2) is 34.8 Å². The minimum absolute atomic E-state index is 0.117. The Morgan fingerprint density at radius 1 is 1.24 bits per heavy atom. The van der Waals surface area contributed by atoms with Gasteiger partial charge in [0.1, 0.15) is 0 Å². The third-order valence-corrected chi connectivity index (χ3v) is 4.34. The highest BCUT2D eigenvalue weighted by molar-refractivity contribution is 9.10. The fourth-order valence-electron chi connectivity index (χ4n) is 2.63. The van der Waals surface area contributed by atoms with Crippen molar-refractivity contribution in [2.24, 2.45) is 0 Å². The van der Waals surface area contributed by atoms with E-state index in [1.807, 2.05) is 48.9 Å². The number of aryl methyl sites for hydroxylation is 2. The van der Waals surface area contributed by atoms with Gasteiger partial charge in [0.2, 0.25) is 0 Å². The molecular weight excluding hydrogens is 332 g/mol. The highest BCUT2D eigenvalue weighted by Crippen LogP contribution is 2.30. The fourth-order valence-corrected chi connectivity index (χ4v) is 3.03. The predicted molar refractivity (Wildman–Crippen MR) is 86.3 cm³/mol. The minimum atomic E-state index is -0.705. The number of nitrogens with zero attached hydrogens (tertiary/aromatic N) is 2. The summed E-state index contributed by atoms with van der Waals surface area (Å²) in [6.07, 6.45) is 0.547. The topological polar surface area (TPSA) is 58.3 Å². The first-order valence-corrected chi connectivity index (χ1v) is 7.85. The molecule has 0 unspecified atom stereocenters. The molecule has 1 aromatic heterocycles. The lowest BCUT2D eigenvalue weighted by atomic mass is 9.78. The summed E-state index contributed by atoms with van der Waals surface area (Å²) in [5.74, 6) is 0. The SMILES string of the molecule is CCn1nc(C)cc1CC(CO)(CO)c1cccc(Br)c1. The Kier molecular flexibility index (Phi) is 5.19. The summed E-state index contributed by atoms with van der Waals surface area (Å²) in [7, 11) is 0. The second-order valence-electron chi connectivity index (χ2n) is 5.38. The molecule has 1 aromatic carbocycles. The van der Waals surface area contributed by atoms with Crippen molar-refractivity contribution in [3.8, 4) is 0 Å². The number of rotatable bonds is 6. The largest absolute Gasteiger partial charge is 0.395 e. The summed E-state index contributed by atoms with van der Waals surface area (Å²) in [5.41, 5.74) is 2.19. The van der Waals surface area contributed by atoms with Crippen LogP contribution in [0.4, 0.5) is 0 Å². The van der Waals surface area contributed by atoms with E-state index in [-0.39, 0.29) is 13.2 Å². The van der Waals surface area contributed by atoms with E-state index in [1.54, 1.807) is 0 Å². The average molecular weight is 353 g/mol. The van der Waals surface area contributed by atoms with Gasteiger partial charge in [-0.3, -0.25) is 4.68 Å². The van der Waals surface area contributed by atoms with Crippen LogP contribution < -0.4 is 0 Å². The van der Waals surface area contributed by atoms with E-state index in [0.29, 0.717) is 6.42 Å². The van der Waals surface area contributed by atoms with Crippen LogP contribution in [-0.2, 0) is 18.4 Å². The zero-order chi connectivity index (χ0) is 15.5. The van der Waals surface area contributed by atoms with Gasteiger partial charge in [0.05, 0.1) is 18.9 Å². The molecule has 0 amide bonds. The first-order valence-electron chi connectivity index (χ1n) is 7.05. The molecule has 114 valence electrons. The number of halogens is 1. The van der Waals surface area contributed by atoms with Gasteiger partial charge in [-0.2, -0.15) is 5.10 Å². The summed E-state index contributed by atoms with van der Waals surface area (Å²) >= 11 is 3.45. The molecule has 0 atom stereocenters. The van der Waals surface area contributed by atoms with Gasteiger partial charge in [-0.1, -0.05) is 28.1 Å². The van der Waals surface area contributed by atoms with Crippen LogP contribution in [0.1, 0.15) is 23.9 Å². The molecule has 0 bridgehead atoms. The molecule has 0 aliphatic heterocycles. The van der Waals surface area contributed by atoms with Gasteiger partial charge in [-0.15, -0.1) is 0 Å². The Morgan fingerprint density at radius 3 is 2.52 bits per heavy atom. The van der Waals surface area contributed by atoms with E-state index >= 15 is 0 Å². The number of hydrogen-bond acceptors (Lipinski definition) is 3. The number of aliphatic hydroxyl groups excluding tert-OH is 2. The van der Waals surface area contributed by atoms with Crippen LogP contribution in [0.25, 0.3) is 0 Å². The highest BCUT2D eigenvalue weighted by Gasteiger charge is 2.33. The third-order valence-electron chi connectivity index (χ3n) is 3.85. The molecule has 2 aromatic rings. The second kappa shape index (κ2) is 6.73. The number of benzene rings is 1. The molecule has 21 heavy (non-hydrogen) atoms. The molecule has 1 heterocycles. The van der Waals surface area contributed by atoms with Crippen molar-refractivity contribution in [2.45, 2.75) is 32.2 Å². The van der Waals surface area contributed by atoms with Crippen molar-refractivity contribution in [3.05, 3.63) is 51.8 Å². The first kappa shape index (κ1) is 16.2. The Hall–Kier alpha value is -1.17. The second-order valence-corrected chi connectivity index (χ2v) is 6.29. The fraction of sp³-hybridized carbons (Fsp3) is 0.438. The summed E-state index contributed by atoms with van der Waals surface area (Å²) in [4.78, 5) is 0. The smallest absolute Gasteiger partial charge is 0.0596 e. The van der Waals surface area contributed by atoms with Crippen molar-refractivity contribution in [3.63, 3.8) is 0 Å². The molecule has 0 saturated heterocycles. The monoisotopic (exact) mass is 352 g/mol. The summed E-state index contributed by atoms with van der Waals surface area (Å²) in [6.45, 7) is 4.53. The lowest BCUT2D eigenvalue weighted by molar-refractivity contribution is 0.114. The van der Waals surface area contributed by atoms with E-state index < -0.39 is 5.41 Å². The molecule has 2 rings (SSSR count). The van der Waals surface area contributed by atoms with E-state index in [9.17, 15) is 10.2 Å². The van der Waals surface area contributed by atoms with Crippen molar-refractivity contribution in [1.82, 2.24) is 9.78 Å². The average Bonchev–Trinajstić information content (AvgIpc) is 2.84. The molecule has 5 heteroatoms. The summed E-state index contributed by atoms with van der Waals surface area (Å²) < 4.78 is 2.86. The normalized spacial score (nSPS) is 11.9. The minimum Gasteiger partial charge on any atom is -0.395 e. The zero-order valence-electron chi connectivity index (χ0n) is 12.4. The van der Waals surface area contributed by atoms with Crippen LogP contribution in [-0.4, -0.2) is 33.2 Å². The van der Waals surface area contributed by atoms with Crippen molar-refractivity contribution >= 4 is 15.9 Å². The lowest BCUT2D eigenvalue weighted by Crippen LogP contribution is -2.38. The molecule has 0 radical (unpaired) electrons. The van der Waals surface area contributed by atoms with Gasteiger partial charge in [-0.25, -0.2) is 0 Å². The van der Waals surface area contributed by atoms with Crippen LogP contribution in [0.3, 0.4) is 0 Å². The maximum Gasteiger partial charge on any atom is 0.0596 e. The van der Waals surface area contributed by atoms with Crippen LogP contribution in [0.5, 0.6) is 0 Å². The van der Waals surface area contributed by atoms with Gasteiger partial charge in [-0.05, 0) is 37.6 Å². The van der Waals surface area contributed by atoms with Gasteiger partial charge in [0.25, 0.3) is 0 Å². The number of aromatic nitrogens is 2. The molecule has 0 saturated carbocycles. The molecule has 4 nitrogen and oxygen atoms in total. The van der Waals surface area contributed by atoms with E-state index in [0.717, 1.165) is 28.0 Å². The Morgan fingerprint density at radius 2 is 1.95 bits per heavy atom. The Bertz CT molecular complexity index is 606. The van der Waals surface area contributed by atoms with Gasteiger partial charge in [0, 0.05) is 28.5 Å². The van der Waals surface area contributed by atoms with Crippen LogP contribution >= 0.6 is 15.9 Å². The van der Waals surface area contributed by atoms with E-state index in [4.69, 9.17) is 0 Å². The predicted octanol–water partition coefficient (Wildman–Crippen LogP) is 2.44. The maximum atomic E-state index is 9.95. The number of aliphatic hydroxyl groups is 2. The molecule has 0 aliphatic rings. The lowest BCUT2D eigenvalue weighted by Gasteiger charge is -2.30. The Balaban J connectivity index is 2.42.